The minimum absolute atomic E-state index is 0.0658. The van der Waals surface area contributed by atoms with Crippen molar-refractivity contribution in [3.63, 3.8) is 0 Å². The van der Waals surface area contributed by atoms with E-state index in [1.807, 2.05) is 49.4 Å². The molecule has 0 saturated carbocycles. The number of carbonyl (C=O) groups excluding carboxylic acids is 2. The van der Waals surface area contributed by atoms with E-state index in [-0.39, 0.29) is 11.9 Å². The normalized spacial score (nSPS) is 20.4. The van der Waals surface area contributed by atoms with Crippen LogP contribution in [0.2, 0.25) is 0 Å². The molecule has 29 heavy (non-hydrogen) atoms. The van der Waals surface area contributed by atoms with Gasteiger partial charge in [-0.05, 0) is 18.6 Å². The Morgan fingerprint density at radius 1 is 1.24 bits per heavy atom. The van der Waals surface area contributed by atoms with Gasteiger partial charge in [0.1, 0.15) is 0 Å². The van der Waals surface area contributed by atoms with Crippen molar-refractivity contribution < 1.29 is 14.3 Å². The molecule has 152 valence electrons. The standard InChI is InChI=1S/C22H25N3O3S/c1-16-6-5-7-17(14-16)15-23-21(27)25-11-13-29-22(25)18-8-3-4-9-19(18)24(20(22)26)10-12-28-2/h3-9,14H,10-13,15H2,1-2H3,(H,23,27). The number of carbonyl (C=O) groups is 2. The molecule has 1 unspecified atom stereocenters. The summed E-state index contributed by atoms with van der Waals surface area (Å²) in [6, 6.07) is 15.6. The summed E-state index contributed by atoms with van der Waals surface area (Å²) >= 11 is 1.53. The Kier molecular flexibility index (Phi) is 5.52. The smallest absolute Gasteiger partial charge is 0.319 e. The van der Waals surface area contributed by atoms with E-state index in [2.05, 4.69) is 11.4 Å². The van der Waals surface area contributed by atoms with Gasteiger partial charge < -0.3 is 15.0 Å². The van der Waals surface area contributed by atoms with Gasteiger partial charge in [-0.2, -0.15) is 0 Å². The number of urea groups is 1. The van der Waals surface area contributed by atoms with Crippen LogP contribution >= 0.6 is 11.8 Å². The van der Waals surface area contributed by atoms with Crippen LogP contribution in [0, 0.1) is 6.92 Å². The molecule has 1 saturated heterocycles. The zero-order chi connectivity index (χ0) is 20.4. The number of para-hydroxylation sites is 1. The van der Waals surface area contributed by atoms with E-state index in [1.54, 1.807) is 16.9 Å². The van der Waals surface area contributed by atoms with Crippen molar-refractivity contribution >= 4 is 29.4 Å². The van der Waals surface area contributed by atoms with Crippen LogP contribution in [0.15, 0.2) is 48.5 Å². The van der Waals surface area contributed by atoms with Crippen molar-refractivity contribution in [2.24, 2.45) is 0 Å². The maximum absolute atomic E-state index is 13.6. The molecule has 2 aromatic rings. The lowest BCUT2D eigenvalue weighted by Crippen LogP contribution is -2.53. The van der Waals surface area contributed by atoms with Gasteiger partial charge in [-0.3, -0.25) is 9.69 Å². The van der Waals surface area contributed by atoms with Crippen molar-refractivity contribution in [2.45, 2.75) is 18.3 Å². The number of rotatable bonds is 5. The number of nitrogens with one attached hydrogen (secondary N) is 1. The van der Waals surface area contributed by atoms with Crippen molar-refractivity contribution in [3.05, 3.63) is 65.2 Å². The first-order chi connectivity index (χ1) is 14.1. The van der Waals surface area contributed by atoms with Crippen molar-refractivity contribution in [1.82, 2.24) is 10.2 Å². The Labute approximate surface area is 175 Å². The average molecular weight is 412 g/mol. The summed E-state index contributed by atoms with van der Waals surface area (Å²) < 4.78 is 5.20. The molecule has 1 fully saturated rings. The largest absolute Gasteiger partial charge is 0.383 e. The monoisotopic (exact) mass is 411 g/mol. The van der Waals surface area contributed by atoms with E-state index in [1.165, 1.54) is 11.8 Å². The van der Waals surface area contributed by atoms with E-state index in [4.69, 9.17) is 4.74 Å². The second-order valence-electron chi connectivity index (χ2n) is 7.26. The number of anilines is 1. The molecule has 1 N–H and O–H groups in total. The van der Waals surface area contributed by atoms with Crippen LogP contribution in [-0.2, 0) is 20.9 Å². The van der Waals surface area contributed by atoms with Crippen LogP contribution in [0.25, 0.3) is 0 Å². The lowest BCUT2D eigenvalue weighted by Gasteiger charge is -2.33. The summed E-state index contributed by atoms with van der Waals surface area (Å²) in [6.45, 7) is 3.90. The van der Waals surface area contributed by atoms with Crippen LogP contribution in [-0.4, -0.2) is 49.4 Å². The summed E-state index contributed by atoms with van der Waals surface area (Å²) in [6.07, 6.45) is 0. The Balaban J connectivity index is 1.60. The Morgan fingerprint density at radius 2 is 2.07 bits per heavy atom. The van der Waals surface area contributed by atoms with Gasteiger partial charge in [0, 0.05) is 38.1 Å². The molecule has 1 atom stereocenters. The van der Waals surface area contributed by atoms with Gasteiger partial charge in [0.05, 0.1) is 12.3 Å². The van der Waals surface area contributed by atoms with Gasteiger partial charge in [-0.25, -0.2) is 4.79 Å². The molecule has 0 radical (unpaired) electrons. The van der Waals surface area contributed by atoms with E-state index in [0.29, 0.717) is 26.2 Å². The number of nitrogens with zero attached hydrogens (tertiary/aromatic N) is 2. The molecule has 0 bridgehead atoms. The Morgan fingerprint density at radius 3 is 2.86 bits per heavy atom. The van der Waals surface area contributed by atoms with E-state index >= 15 is 0 Å². The molecule has 0 aromatic heterocycles. The molecular formula is C22H25N3O3S. The minimum Gasteiger partial charge on any atom is -0.383 e. The predicted octanol–water partition coefficient (Wildman–Crippen LogP) is 3.10. The van der Waals surface area contributed by atoms with Crippen molar-refractivity contribution in [1.29, 1.82) is 0 Å². The number of methoxy groups -OCH3 is 1. The second-order valence-corrected chi connectivity index (χ2v) is 8.55. The molecule has 2 aliphatic rings. The summed E-state index contributed by atoms with van der Waals surface area (Å²) in [7, 11) is 1.62. The van der Waals surface area contributed by atoms with Gasteiger partial charge >= 0.3 is 6.03 Å². The highest BCUT2D eigenvalue weighted by molar-refractivity contribution is 8.01. The van der Waals surface area contributed by atoms with Crippen LogP contribution in [0.1, 0.15) is 16.7 Å². The quantitative estimate of drug-likeness (QED) is 0.821. The van der Waals surface area contributed by atoms with Crippen LogP contribution < -0.4 is 10.2 Å². The minimum atomic E-state index is -0.999. The molecule has 3 amide bonds. The van der Waals surface area contributed by atoms with Crippen molar-refractivity contribution in [3.8, 4) is 0 Å². The van der Waals surface area contributed by atoms with Gasteiger partial charge in [0.15, 0.2) is 4.87 Å². The fourth-order valence-electron chi connectivity index (χ4n) is 4.07. The van der Waals surface area contributed by atoms with Gasteiger partial charge in [-0.1, -0.05) is 48.0 Å². The van der Waals surface area contributed by atoms with E-state index in [9.17, 15) is 9.59 Å². The summed E-state index contributed by atoms with van der Waals surface area (Å²) in [5.41, 5.74) is 3.94. The first-order valence-electron chi connectivity index (χ1n) is 9.73. The second kappa shape index (κ2) is 8.08. The number of fused-ring (bicyclic) bond motifs is 2. The van der Waals surface area contributed by atoms with Crippen LogP contribution in [0.4, 0.5) is 10.5 Å². The van der Waals surface area contributed by atoms with Crippen molar-refractivity contribution in [2.75, 3.05) is 37.5 Å². The molecule has 4 rings (SSSR count). The zero-order valence-corrected chi connectivity index (χ0v) is 17.5. The Bertz CT molecular complexity index is 935. The SMILES string of the molecule is COCCN1C(=O)C2(SCCN2C(=O)NCc2cccc(C)c2)c2ccccc21. The number of hydrogen-bond donors (Lipinski definition) is 1. The first-order valence-corrected chi connectivity index (χ1v) is 10.7. The highest BCUT2D eigenvalue weighted by atomic mass is 32.2. The number of aryl methyl sites for hydroxylation is 1. The summed E-state index contributed by atoms with van der Waals surface area (Å²) in [5, 5.41) is 3.01. The van der Waals surface area contributed by atoms with Crippen LogP contribution in [0.3, 0.4) is 0 Å². The number of amides is 3. The first kappa shape index (κ1) is 19.8. The van der Waals surface area contributed by atoms with Gasteiger partial charge in [0.2, 0.25) is 0 Å². The van der Waals surface area contributed by atoms with Crippen LogP contribution in [0.5, 0.6) is 0 Å². The lowest BCUT2D eigenvalue weighted by atomic mass is 10.1. The van der Waals surface area contributed by atoms with Gasteiger partial charge in [-0.15, -0.1) is 11.8 Å². The molecule has 2 heterocycles. The number of ether oxygens (including phenoxy) is 1. The highest BCUT2D eigenvalue weighted by Gasteiger charge is 2.59. The van der Waals surface area contributed by atoms with Gasteiger partial charge in [0.25, 0.3) is 5.91 Å². The van der Waals surface area contributed by atoms with E-state index in [0.717, 1.165) is 28.1 Å². The third-order valence-electron chi connectivity index (χ3n) is 5.39. The third kappa shape index (κ3) is 3.38. The molecule has 7 heteroatoms. The summed E-state index contributed by atoms with van der Waals surface area (Å²) in [4.78, 5) is 29.1. The van der Waals surface area contributed by atoms with E-state index < -0.39 is 4.87 Å². The number of benzene rings is 2. The molecule has 2 aliphatic heterocycles. The number of thioether (sulfide) groups is 1. The molecule has 2 aromatic carbocycles. The fraction of sp³-hybridized carbons (Fsp3) is 0.364. The maximum atomic E-state index is 13.6. The number of hydrogen-bond acceptors (Lipinski definition) is 4. The molecule has 0 aliphatic carbocycles. The predicted molar refractivity (Wildman–Crippen MR) is 115 cm³/mol. The zero-order valence-electron chi connectivity index (χ0n) is 16.7. The molecule has 1 spiro atoms. The summed E-state index contributed by atoms with van der Waals surface area (Å²) in [5.74, 6) is 0.653. The Hall–Kier alpha value is -2.51. The lowest BCUT2D eigenvalue weighted by molar-refractivity contribution is -0.123. The maximum Gasteiger partial charge on any atom is 0.319 e. The fourth-order valence-corrected chi connectivity index (χ4v) is 5.53. The third-order valence-corrected chi connectivity index (χ3v) is 6.81. The average Bonchev–Trinajstić information content (AvgIpc) is 3.27. The molecule has 6 nitrogen and oxygen atoms in total. The molecular weight excluding hydrogens is 386 g/mol. The topological polar surface area (TPSA) is 61.9 Å². The highest BCUT2D eigenvalue weighted by Crippen LogP contribution is 2.53.